The van der Waals surface area contributed by atoms with Crippen molar-refractivity contribution in [3.8, 4) is 11.5 Å². The van der Waals surface area contributed by atoms with Crippen molar-refractivity contribution in [2.45, 2.75) is 20.0 Å². The molecule has 0 atom stereocenters. The fraction of sp³-hybridized carbons (Fsp3) is 0.235. The summed E-state index contributed by atoms with van der Waals surface area (Å²) in [6.45, 7) is 3.97. The van der Waals surface area contributed by atoms with Crippen molar-refractivity contribution in [2.24, 2.45) is 5.10 Å². The SMILES string of the molecule is COc1ccc(C=NNc2ccccc2)cc1OC(C)C. The van der Waals surface area contributed by atoms with Crippen molar-refractivity contribution in [1.82, 2.24) is 0 Å². The van der Waals surface area contributed by atoms with E-state index in [1.807, 2.05) is 62.4 Å². The summed E-state index contributed by atoms with van der Waals surface area (Å²) >= 11 is 0. The van der Waals surface area contributed by atoms with E-state index < -0.39 is 0 Å². The average molecular weight is 284 g/mol. The molecule has 0 amide bonds. The topological polar surface area (TPSA) is 42.8 Å². The van der Waals surface area contributed by atoms with Crippen LogP contribution in [-0.4, -0.2) is 19.4 Å². The van der Waals surface area contributed by atoms with E-state index in [0.29, 0.717) is 0 Å². The number of rotatable bonds is 6. The Morgan fingerprint density at radius 2 is 1.81 bits per heavy atom. The molecule has 0 heterocycles. The number of hydrogen-bond acceptors (Lipinski definition) is 4. The van der Waals surface area contributed by atoms with E-state index in [1.165, 1.54) is 0 Å². The van der Waals surface area contributed by atoms with E-state index in [4.69, 9.17) is 9.47 Å². The zero-order chi connectivity index (χ0) is 15.1. The highest BCUT2D eigenvalue weighted by Gasteiger charge is 2.06. The van der Waals surface area contributed by atoms with E-state index in [0.717, 1.165) is 22.7 Å². The molecule has 0 aromatic heterocycles. The summed E-state index contributed by atoms with van der Waals surface area (Å²) in [6, 6.07) is 15.5. The second kappa shape index (κ2) is 7.33. The molecule has 0 saturated carbocycles. The van der Waals surface area contributed by atoms with Gasteiger partial charge in [0.25, 0.3) is 0 Å². The predicted molar refractivity (Wildman–Crippen MR) is 86.4 cm³/mol. The monoisotopic (exact) mass is 284 g/mol. The number of methoxy groups -OCH3 is 1. The van der Waals surface area contributed by atoms with Crippen LogP contribution in [0.5, 0.6) is 11.5 Å². The molecule has 0 unspecified atom stereocenters. The van der Waals surface area contributed by atoms with Crippen LogP contribution < -0.4 is 14.9 Å². The molecule has 0 bridgehead atoms. The van der Waals surface area contributed by atoms with Gasteiger partial charge in [0.15, 0.2) is 11.5 Å². The van der Waals surface area contributed by atoms with Gasteiger partial charge in [-0.25, -0.2) is 0 Å². The number of nitrogens with zero attached hydrogens (tertiary/aromatic N) is 1. The lowest BCUT2D eigenvalue weighted by atomic mass is 10.2. The van der Waals surface area contributed by atoms with Gasteiger partial charge in [-0.2, -0.15) is 5.10 Å². The third-order valence-electron chi connectivity index (χ3n) is 2.73. The van der Waals surface area contributed by atoms with Crippen LogP contribution in [0.3, 0.4) is 0 Å². The molecule has 0 aliphatic carbocycles. The van der Waals surface area contributed by atoms with Gasteiger partial charge >= 0.3 is 0 Å². The van der Waals surface area contributed by atoms with E-state index >= 15 is 0 Å². The fourth-order valence-corrected chi connectivity index (χ4v) is 1.81. The zero-order valence-corrected chi connectivity index (χ0v) is 12.5. The smallest absolute Gasteiger partial charge is 0.162 e. The van der Waals surface area contributed by atoms with Gasteiger partial charge in [0.2, 0.25) is 0 Å². The van der Waals surface area contributed by atoms with E-state index in [-0.39, 0.29) is 6.10 Å². The van der Waals surface area contributed by atoms with Crippen LogP contribution in [0.2, 0.25) is 0 Å². The normalized spacial score (nSPS) is 10.9. The maximum Gasteiger partial charge on any atom is 0.162 e. The minimum Gasteiger partial charge on any atom is -0.493 e. The molecule has 1 N–H and O–H groups in total. The highest BCUT2D eigenvalue weighted by molar-refractivity contribution is 5.81. The van der Waals surface area contributed by atoms with Gasteiger partial charge in [-0.1, -0.05) is 18.2 Å². The van der Waals surface area contributed by atoms with Crippen LogP contribution in [0, 0.1) is 0 Å². The van der Waals surface area contributed by atoms with Gasteiger partial charge < -0.3 is 9.47 Å². The molecule has 4 nitrogen and oxygen atoms in total. The Hall–Kier alpha value is -2.49. The summed E-state index contributed by atoms with van der Waals surface area (Å²) in [7, 11) is 1.63. The van der Waals surface area contributed by atoms with E-state index in [1.54, 1.807) is 13.3 Å². The van der Waals surface area contributed by atoms with Crippen LogP contribution in [-0.2, 0) is 0 Å². The number of hydrogen-bond donors (Lipinski definition) is 1. The fourth-order valence-electron chi connectivity index (χ4n) is 1.81. The third kappa shape index (κ3) is 4.53. The van der Waals surface area contributed by atoms with Gasteiger partial charge in [0, 0.05) is 0 Å². The zero-order valence-electron chi connectivity index (χ0n) is 12.5. The van der Waals surface area contributed by atoms with Crippen LogP contribution in [0.15, 0.2) is 53.6 Å². The summed E-state index contributed by atoms with van der Waals surface area (Å²) in [5.74, 6) is 1.44. The Bertz CT molecular complexity index is 595. The Morgan fingerprint density at radius 1 is 1.05 bits per heavy atom. The first-order valence-corrected chi connectivity index (χ1v) is 6.88. The molecule has 4 heteroatoms. The van der Waals surface area contributed by atoms with E-state index in [2.05, 4.69) is 10.5 Å². The first-order valence-electron chi connectivity index (χ1n) is 6.88. The Balaban J connectivity index is 2.09. The Kier molecular flexibility index (Phi) is 5.21. The molecule has 0 saturated heterocycles. The summed E-state index contributed by atoms with van der Waals surface area (Å²) in [4.78, 5) is 0. The lowest BCUT2D eigenvalue weighted by molar-refractivity contribution is 0.230. The van der Waals surface area contributed by atoms with Crippen LogP contribution in [0.4, 0.5) is 5.69 Å². The van der Waals surface area contributed by atoms with Gasteiger partial charge in [-0.3, -0.25) is 5.43 Å². The highest BCUT2D eigenvalue weighted by Crippen LogP contribution is 2.28. The third-order valence-corrected chi connectivity index (χ3v) is 2.73. The summed E-state index contributed by atoms with van der Waals surface area (Å²) < 4.78 is 11.0. The Morgan fingerprint density at radius 3 is 2.48 bits per heavy atom. The molecule has 0 radical (unpaired) electrons. The number of anilines is 1. The maximum atomic E-state index is 5.73. The largest absolute Gasteiger partial charge is 0.493 e. The quantitative estimate of drug-likeness (QED) is 0.645. The molecule has 110 valence electrons. The molecule has 0 spiro atoms. The minimum absolute atomic E-state index is 0.0912. The van der Waals surface area contributed by atoms with Crippen molar-refractivity contribution in [1.29, 1.82) is 0 Å². The highest BCUT2D eigenvalue weighted by atomic mass is 16.5. The summed E-state index contributed by atoms with van der Waals surface area (Å²) in [5.41, 5.74) is 4.86. The maximum absolute atomic E-state index is 5.73. The molecule has 0 aliphatic rings. The van der Waals surface area contributed by atoms with Gasteiger partial charge in [-0.05, 0) is 49.7 Å². The lowest BCUT2D eigenvalue weighted by Crippen LogP contribution is -2.07. The molecule has 0 fully saturated rings. The summed E-state index contributed by atoms with van der Waals surface area (Å²) in [6.07, 6.45) is 1.84. The molecular formula is C17H20N2O2. The van der Waals surface area contributed by atoms with Crippen LogP contribution in [0.1, 0.15) is 19.4 Å². The number of ether oxygens (including phenoxy) is 2. The molecule has 2 aromatic rings. The van der Waals surface area contributed by atoms with Crippen molar-refractivity contribution in [3.05, 3.63) is 54.1 Å². The van der Waals surface area contributed by atoms with Crippen molar-refractivity contribution in [2.75, 3.05) is 12.5 Å². The van der Waals surface area contributed by atoms with Gasteiger partial charge in [-0.15, -0.1) is 0 Å². The van der Waals surface area contributed by atoms with E-state index in [9.17, 15) is 0 Å². The molecule has 2 rings (SSSR count). The minimum atomic E-state index is 0.0912. The lowest BCUT2D eigenvalue weighted by Gasteiger charge is -2.13. The van der Waals surface area contributed by atoms with Crippen molar-refractivity contribution >= 4 is 11.9 Å². The standard InChI is InChI=1S/C17H20N2O2/c1-13(2)21-17-11-14(9-10-16(17)20-3)12-18-19-15-7-5-4-6-8-15/h4-13,19H,1-3H3. The number of para-hydroxylation sites is 1. The number of benzene rings is 2. The number of nitrogens with one attached hydrogen (secondary N) is 1. The second-order valence-corrected chi connectivity index (χ2v) is 4.81. The predicted octanol–water partition coefficient (Wildman–Crippen LogP) is 3.93. The molecule has 2 aromatic carbocycles. The van der Waals surface area contributed by atoms with Gasteiger partial charge in [0.05, 0.1) is 25.1 Å². The van der Waals surface area contributed by atoms with Crippen LogP contribution >= 0.6 is 0 Å². The molecule has 0 aliphatic heterocycles. The second-order valence-electron chi connectivity index (χ2n) is 4.81. The van der Waals surface area contributed by atoms with Gasteiger partial charge in [0.1, 0.15) is 0 Å². The first-order chi connectivity index (χ1) is 10.2. The molecular weight excluding hydrogens is 264 g/mol. The first kappa shape index (κ1) is 14.9. The molecule has 21 heavy (non-hydrogen) atoms. The van der Waals surface area contributed by atoms with Crippen molar-refractivity contribution in [3.63, 3.8) is 0 Å². The average Bonchev–Trinajstić information content (AvgIpc) is 2.48. The number of hydrazone groups is 1. The Labute approximate surface area is 125 Å². The summed E-state index contributed by atoms with van der Waals surface area (Å²) in [5, 5.41) is 4.22. The van der Waals surface area contributed by atoms with Crippen LogP contribution in [0.25, 0.3) is 0 Å². The van der Waals surface area contributed by atoms with Crippen molar-refractivity contribution < 1.29 is 9.47 Å².